The minimum atomic E-state index is -3.44. The number of nitrogens with zero attached hydrogens (tertiary/aromatic N) is 4. The molecule has 0 spiro atoms. The van der Waals surface area contributed by atoms with Gasteiger partial charge in [0, 0.05) is 50.0 Å². The maximum absolute atomic E-state index is 11.5. The van der Waals surface area contributed by atoms with Crippen LogP contribution in [0, 0.1) is 0 Å². The lowest BCUT2D eigenvalue weighted by Gasteiger charge is -2.47. The molecule has 1 aromatic rings. The zero-order valence-corrected chi connectivity index (χ0v) is 24.5. The number of hydroxylamine groups is 1. The minimum absolute atomic E-state index is 0.0285. The molecule has 4 N–H and O–H groups in total. The summed E-state index contributed by atoms with van der Waals surface area (Å²) in [4.78, 5) is 16.6. The number of anilines is 2. The first-order chi connectivity index (χ1) is 18.5. The molecule has 3 heterocycles. The summed E-state index contributed by atoms with van der Waals surface area (Å²) in [6, 6.07) is 2.24. The smallest absolute Gasteiger partial charge is 0.229 e. The van der Waals surface area contributed by atoms with Crippen LogP contribution in [0.25, 0.3) is 0 Å². The van der Waals surface area contributed by atoms with E-state index in [-0.39, 0.29) is 17.2 Å². The van der Waals surface area contributed by atoms with Gasteiger partial charge in [-0.3, -0.25) is 24.8 Å². The Morgan fingerprint density at radius 2 is 1.95 bits per heavy atom. The normalized spacial score (nSPS) is 21.3. The third-order valence-electron chi connectivity index (χ3n) is 7.36. The Morgan fingerprint density at radius 1 is 1.23 bits per heavy atom. The van der Waals surface area contributed by atoms with E-state index in [1.165, 1.54) is 12.3 Å². The van der Waals surface area contributed by atoms with Crippen molar-refractivity contribution in [2.24, 2.45) is 0 Å². The monoisotopic (exact) mass is 564 g/mol. The van der Waals surface area contributed by atoms with Crippen molar-refractivity contribution in [3.05, 3.63) is 47.5 Å². The summed E-state index contributed by atoms with van der Waals surface area (Å²) in [6.07, 6.45) is 10.9. The summed E-state index contributed by atoms with van der Waals surface area (Å²) in [5, 5.41) is 20.4. The van der Waals surface area contributed by atoms with E-state index in [9.17, 15) is 18.6 Å². The Balaban J connectivity index is 1.60. The Hall–Kier alpha value is -2.80. The fraction of sp³-hybridized carbons (Fsp3) is 0.593. The molecule has 0 radical (unpaired) electrons. The van der Waals surface area contributed by atoms with E-state index < -0.39 is 10.0 Å². The van der Waals surface area contributed by atoms with E-state index in [0.29, 0.717) is 17.9 Å². The summed E-state index contributed by atoms with van der Waals surface area (Å²) >= 11 is 0. The first-order valence-electron chi connectivity index (χ1n) is 13.5. The predicted octanol–water partition coefficient (Wildman–Crippen LogP) is 2.97. The van der Waals surface area contributed by atoms with Crippen LogP contribution in [0.5, 0.6) is 5.75 Å². The van der Waals surface area contributed by atoms with Crippen LogP contribution in [0.4, 0.5) is 11.5 Å². The first-order valence-corrected chi connectivity index (χ1v) is 15.4. The molecule has 1 aromatic heterocycles. The van der Waals surface area contributed by atoms with E-state index in [1.807, 2.05) is 13.0 Å². The van der Waals surface area contributed by atoms with Crippen molar-refractivity contribution in [2.45, 2.75) is 52.1 Å². The molecular formula is C27H44N6O5S. The zero-order valence-electron chi connectivity index (χ0n) is 23.7. The number of allylic oxidation sites excluding steroid dienone is 3. The first kappa shape index (κ1) is 30.7. The highest BCUT2D eigenvalue weighted by molar-refractivity contribution is 7.92. The fourth-order valence-electron chi connectivity index (χ4n) is 5.31. The summed E-state index contributed by atoms with van der Waals surface area (Å²) < 4.78 is 25.3. The third-order valence-corrected chi connectivity index (χ3v) is 7.96. The lowest BCUT2D eigenvalue weighted by atomic mass is 9.97. The molecule has 12 heteroatoms. The maximum Gasteiger partial charge on any atom is 0.229 e. The van der Waals surface area contributed by atoms with Gasteiger partial charge in [-0.25, -0.2) is 13.4 Å². The Bertz CT molecular complexity index is 1160. The highest BCUT2D eigenvalue weighted by atomic mass is 32.2. The number of rotatable bonds is 11. The van der Waals surface area contributed by atoms with Crippen LogP contribution >= 0.6 is 0 Å². The number of sulfonamides is 1. The van der Waals surface area contributed by atoms with Gasteiger partial charge in [0.1, 0.15) is 5.76 Å². The van der Waals surface area contributed by atoms with Crippen molar-refractivity contribution in [3.63, 3.8) is 0 Å². The van der Waals surface area contributed by atoms with Crippen LogP contribution in [-0.4, -0.2) is 98.1 Å². The second-order valence-corrected chi connectivity index (χ2v) is 11.9. The molecule has 0 aliphatic carbocycles. The Labute approximate surface area is 232 Å². The number of nitrogens with one attached hydrogen (secondary N) is 2. The number of likely N-dealkylation sites (tertiary alicyclic amines) is 1. The summed E-state index contributed by atoms with van der Waals surface area (Å²) in [7, 11) is -1.85. The van der Waals surface area contributed by atoms with Crippen LogP contribution in [0.3, 0.4) is 0 Å². The molecule has 2 aliphatic rings. The lowest BCUT2D eigenvalue weighted by Crippen LogP contribution is -2.58. The largest absolute Gasteiger partial charge is 0.508 e. The topological polar surface area (TPSA) is 130 Å². The van der Waals surface area contributed by atoms with E-state index in [0.717, 1.165) is 76.1 Å². The highest BCUT2D eigenvalue weighted by Gasteiger charge is 2.34. The number of aromatic hydroxyl groups is 1. The zero-order chi connectivity index (χ0) is 28.6. The molecule has 3 rings (SSSR count). The van der Waals surface area contributed by atoms with Crippen LogP contribution in [0.15, 0.2) is 47.5 Å². The average molecular weight is 565 g/mol. The van der Waals surface area contributed by atoms with E-state index in [1.54, 1.807) is 26.2 Å². The molecule has 2 fully saturated rings. The fourth-order valence-corrected chi connectivity index (χ4v) is 5.85. The van der Waals surface area contributed by atoms with E-state index in [2.05, 4.69) is 36.8 Å². The van der Waals surface area contributed by atoms with Gasteiger partial charge in [0.05, 0.1) is 25.2 Å². The number of pyridine rings is 1. The van der Waals surface area contributed by atoms with Crippen LogP contribution < -0.4 is 15.1 Å². The number of aliphatic hydroxyl groups is 1. The Kier molecular flexibility index (Phi) is 11.0. The second-order valence-electron chi connectivity index (χ2n) is 10.2. The number of aromatic nitrogens is 1. The molecule has 1 unspecified atom stereocenters. The number of hydrogen-bond donors (Lipinski definition) is 4. The van der Waals surface area contributed by atoms with Gasteiger partial charge in [-0.05, 0) is 63.9 Å². The quantitative estimate of drug-likeness (QED) is 0.181. The number of aliphatic hydroxyl groups excluding tert-OH is 1. The molecule has 0 saturated carbocycles. The molecule has 39 heavy (non-hydrogen) atoms. The van der Waals surface area contributed by atoms with Gasteiger partial charge >= 0.3 is 0 Å². The number of piperazine rings is 1. The van der Waals surface area contributed by atoms with E-state index in [4.69, 9.17) is 4.84 Å². The Morgan fingerprint density at radius 3 is 2.54 bits per heavy atom. The molecule has 1 atom stereocenters. The van der Waals surface area contributed by atoms with Gasteiger partial charge in [0.15, 0.2) is 11.6 Å². The summed E-state index contributed by atoms with van der Waals surface area (Å²) in [6.45, 7) is 11.1. The molecule has 218 valence electrons. The highest BCUT2D eigenvalue weighted by Crippen LogP contribution is 2.31. The van der Waals surface area contributed by atoms with Crippen molar-refractivity contribution >= 4 is 21.5 Å². The van der Waals surface area contributed by atoms with Crippen LogP contribution in [0.2, 0.25) is 0 Å². The molecule has 0 aromatic carbocycles. The van der Waals surface area contributed by atoms with Crippen molar-refractivity contribution in [3.8, 4) is 5.75 Å². The molecule has 0 bridgehead atoms. The van der Waals surface area contributed by atoms with Gasteiger partial charge in [-0.15, -0.1) is 0 Å². The third kappa shape index (κ3) is 8.85. The van der Waals surface area contributed by atoms with Crippen molar-refractivity contribution in [1.29, 1.82) is 0 Å². The molecule has 2 aliphatic heterocycles. The number of hydrogen-bond acceptors (Lipinski definition) is 10. The molecule has 2 saturated heterocycles. The van der Waals surface area contributed by atoms with E-state index >= 15 is 0 Å². The van der Waals surface area contributed by atoms with Gasteiger partial charge < -0.3 is 15.1 Å². The van der Waals surface area contributed by atoms with Crippen molar-refractivity contribution in [2.75, 3.05) is 62.3 Å². The van der Waals surface area contributed by atoms with Gasteiger partial charge in [0.2, 0.25) is 10.0 Å². The number of piperidine rings is 1. The summed E-state index contributed by atoms with van der Waals surface area (Å²) in [5.41, 5.74) is 5.15. The van der Waals surface area contributed by atoms with Crippen molar-refractivity contribution < 1.29 is 23.5 Å². The standard InChI is InChI=1S/C27H44N6O5S/c1-6-23-19-32(27-26(35)16-22(17-28-27)30-39(5,36)37)14-15-33(23)24-10-12-31(13-11-24)18-21(20(3)29-38-4)8-9-25(34)7-2/h7-9,16-17,23-24,29-30,34-35H,6,10-15,18-19H2,1-5H3/b9-8-,21-20-,25-7+. The maximum atomic E-state index is 11.5. The molecule has 11 nitrogen and oxygen atoms in total. The summed E-state index contributed by atoms with van der Waals surface area (Å²) in [5.74, 6) is 0.684. The van der Waals surface area contributed by atoms with Crippen LogP contribution in [0.1, 0.15) is 40.0 Å². The average Bonchev–Trinajstić information content (AvgIpc) is 2.90. The lowest BCUT2D eigenvalue weighted by molar-refractivity contribution is 0.0654. The molecular weight excluding hydrogens is 520 g/mol. The van der Waals surface area contributed by atoms with Crippen molar-refractivity contribution in [1.82, 2.24) is 20.3 Å². The second kappa shape index (κ2) is 14.0. The van der Waals surface area contributed by atoms with Crippen LogP contribution in [-0.2, 0) is 14.9 Å². The van der Waals surface area contributed by atoms with Gasteiger partial charge in [-0.2, -0.15) is 0 Å². The SMILES string of the molecule is C\C=C(O)/C=C\C(CN1CCC(N2CCN(c3ncc(NS(C)(=O)=O)cc3O)CC2CC)CC1)=C(/C)NOC. The van der Waals surface area contributed by atoms with Gasteiger partial charge in [-0.1, -0.05) is 13.0 Å². The van der Waals surface area contributed by atoms with Gasteiger partial charge in [0.25, 0.3) is 0 Å². The molecule has 0 amide bonds. The minimum Gasteiger partial charge on any atom is -0.508 e. The predicted molar refractivity (Wildman–Crippen MR) is 155 cm³/mol.